The Morgan fingerprint density at radius 1 is 1.50 bits per heavy atom. The molecule has 0 bridgehead atoms. The Morgan fingerprint density at radius 2 is 2.12 bits per heavy atom. The highest BCUT2D eigenvalue weighted by Gasteiger charge is 2.11. The van der Waals surface area contributed by atoms with Gasteiger partial charge in [0, 0.05) is 0 Å². The van der Waals surface area contributed by atoms with Crippen molar-refractivity contribution >= 4 is 23.1 Å². The number of benzene rings is 1. The first-order chi connectivity index (χ1) is 7.50. The summed E-state index contributed by atoms with van der Waals surface area (Å²) < 4.78 is 0. The van der Waals surface area contributed by atoms with Crippen LogP contribution in [0.4, 0.5) is 0 Å². The van der Waals surface area contributed by atoms with Gasteiger partial charge in [-0.25, -0.2) is 0 Å². The highest BCUT2D eigenvalue weighted by molar-refractivity contribution is 7.80. The van der Waals surface area contributed by atoms with E-state index in [1.807, 2.05) is 38.1 Å². The van der Waals surface area contributed by atoms with Gasteiger partial charge >= 0.3 is 0 Å². The van der Waals surface area contributed by atoms with Crippen LogP contribution in [-0.4, -0.2) is 10.9 Å². The fourth-order valence-corrected chi connectivity index (χ4v) is 1.73. The molecule has 0 saturated heterocycles. The summed E-state index contributed by atoms with van der Waals surface area (Å²) >= 11 is 4.68. The summed E-state index contributed by atoms with van der Waals surface area (Å²) in [5, 5.41) is 2.86. The third-order valence-electron chi connectivity index (χ3n) is 2.37. The van der Waals surface area contributed by atoms with E-state index in [9.17, 15) is 4.79 Å². The van der Waals surface area contributed by atoms with E-state index in [-0.39, 0.29) is 23.4 Å². The zero-order valence-corrected chi connectivity index (χ0v) is 10.3. The SMILES string of the molecule is Cc1ccccc1C(C)NC(=O)CC(N)=S. The van der Waals surface area contributed by atoms with Crippen LogP contribution in [-0.2, 0) is 4.79 Å². The lowest BCUT2D eigenvalue weighted by atomic mass is 10.0. The Morgan fingerprint density at radius 3 is 2.69 bits per heavy atom. The van der Waals surface area contributed by atoms with Crippen LogP contribution in [0, 0.1) is 6.92 Å². The molecule has 0 fully saturated rings. The van der Waals surface area contributed by atoms with E-state index in [0.717, 1.165) is 11.1 Å². The molecule has 0 saturated carbocycles. The normalized spacial score (nSPS) is 11.9. The molecule has 0 aliphatic carbocycles. The molecular formula is C12H16N2OS. The number of nitrogens with one attached hydrogen (secondary N) is 1. The monoisotopic (exact) mass is 236 g/mol. The third kappa shape index (κ3) is 3.62. The maximum Gasteiger partial charge on any atom is 0.227 e. The standard InChI is InChI=1S/C12H16N2OS/c1-8-5-3-4-6-10(8)9(2)14-12(15)7-11(13)16/h3-6,9H,7H2,1-2H3,(H2,13,16)(H,14,15). The lowest BCUT2D eigenvalue weighted by Gasteiger charge is -2.16. The predicted octanol–water partition coefficient (Wildman–Crippen LogP) is 1.85. The number of nitrogens with two attached hydrogens (primary N) is 1. The predicted molar refractivity (Wildman–Crippen MR) is 69.1 cm³/mol. The van der Waals surface area contributed by atoms with Crippen molar-refractivity contribution in [2.24, 2.45) is 5.73 Å². The molecule has 3 nitrogen and oxygen atoms in total. The average Bonchev–Trinajstić information content (AvgIpc) is 2.16. The molecule has 1 aromatic carbocycles. The minimum absolute atomic E-state index is 0.0250. The molecule has 4 heteroatoms. The Bertz CT molecular complexity index is 404. The molecule has 1 aromatic rings. The molecule has 1 atom stereocenters. The van der Waals surface area contributed by atoms with Crippen molar-refractivity contribution in [1.82, 2.24) is 5.32 Å². The van der Waals surface area contributed by atoms with Gasteiger partial charge in [-0.2, -0.15) is 0 Å². The van der Waals surface area contributed by atoms with E-state index in [1.165, 1.54) is 0 Å². The first-order valence-corrected chi connectivity index (χ1v) is 5.54. The lowest BCUT2D eigenvalue weighted by Crippen LogP contribution is -2.30. The number of amides is 1. The van der Waals surface area contributed by atoms with E-state index < -0.39 is 0 Å². The van der Waals surface area contributed by atoms with Gasteiger partial charge in [0.05, 0.1) is 17.5 Å². The maximum atomic E-state index is 11.5. The Balaban J connectivity index is 2.66. The highest BCUT2D eigenvalue weighted by Crippen LogP contribution is 2.16. The number of hydrogen-bond donors (Lipinski definition) is 2. The van der Waals surface area contributed by atoms with Crippen molar-refractivity contribution in [2.75, 3.05) is 0 Å². The number of thiocarbonyl (C=S) groups is 1. The first-order valence-electron chi connectivity index (χ1n) is 5.14. The lowest BCUT2D eigenvalue weighted by molar-refractivity contribution is -0.120. The largest absolute Gasteiger partial charge is 0.393 e. The van der Waals surface area contributed by atoms with Crippen LogP contribution in [0.2, 0.25) is 0 Å². The van der Waals surface area contributed by atoms with E-state index in [1.54, 1.807) is 0 Å². The van der Waals surface area contributed by atoms with Gasteiger partial charge in [0.25, 0.3) is 0 Å². The van der Waals surface area contributed by atoms with Crippen LogP contribution in [0.1, 0.15) is 30.5 Å². The van der Waals surface area contributed by atoms with Gasteiger partial charge in [-0.3, -0.25) is 4.79 Å². The number of carbonyl (C=O) groups excluding carboxylic acids is 1. The summed E-state index contributed by atoms with van der Waals surface area (Å²) in [5.74, 6) is -0.136. The number of rotatable bonds is 4. The first kappa shape index (κ1) is 12.6. The summed E-state index contributed by atoms with van der Waals surface area (Å²) in [4.78, 5) is 11.7. The minimum Gasteiger partial charge on any atom is -0.393 e. The smallest absolute Gasteiger partial charge is 0.227 e. The summed E-state index contributed by atoms with van der Waals surface area (Å²) in [6.45, 7) is 3.96. The topological polar surface area (TPSA) is 55.1 Å². The summed E-state index contributed by atoms with van der Waals surface area (Å²) in [6, 6.07) is 7.93. The van der Waals surface area contributed by atoms with Crippen LogP contribution in [0.25, 0.3) is 0 Å². The molecule has 1 rings (SSSR count). The van der Waals surface area contributed by atoms with Gasteiger partial charge in [0.15, 0.2) is 0 Å². The van der Waals surface area contributed by atoms with Gasteiger partial charge in [0.1, 0.15) is 0 Å². The second-order valence-corrected chi connectivity index (χ2v) is 4.31. The summed E-state index contributed by atoms with van der Waals surface area (Å²) in [7, 11) is 0. The molecule has 0 aliphatic rings. The number of hydrogen-bond acceptors (Lipinski definition) is 2. The Labute approximate surface area is 101 Å². The van der Waals surface area contributed by atoms with Crippen LogP contribution in [0.5, 0.6) is 0 Å². The number of aryl methyl sites for hydroxylation is 1. The molecule has 0 aromatic heterocycles. The molecule has 1 unspecified atom stereocenters. The van der Waals surface area contributed by atoms with Gasteiger partial charge in [0.2, 0.25) is 5.91 Å². The average molecular weight is 236 g/mol. The van der Waals surface area contributed by atoms with Crippen molar-refractivity contribution in [3.05, 3.63) is 35.4 Å². The quantitative estimate of drug-likeness (QED) is 0.784. The Hall–Kier alpha value is -1.42. The van der Waals surface area contributed by atoms with Crippen LogP contribution >= 0.6 is 12.2 Å². The van der Waals surface area contributed by atoms with Gasteiger partial charge in [-0.15, -0.1) is 0 Å². The maximum absolute atomic E-state index is 11.5. The second kappa shape index (κ2) is 5.61. The molecule has 0 radical (unpaired) electrons. The molecule has 0 aliphatic heterocycles. The fourth-order valence-electron chi connectivity index (χ4n) is 1.60. The molecule has 0 spiro atoms. The molecule has 1 amide bonds. The van der Waals surface area contributed by atoms with Crippen molar-refractivity contribution in [3.8, 4) is 0 Å². The molecule has 16 heavy (non-hydrogen) atoms. The molecular weight excluding hydrogens is 220 g/mol. The zero-order valence-electron chi connectivity index (χ0n) is 9.49. The highest BCUT2D eigenvalue weighted by atomic mass is 32.1. The van der Waals surface area contributed by atoms with E-state index in [0.29, 0.717) is 0 Å². The molecule has 0 heterocycles. The van der Waals surface area contributed by atoms with Crippen molar-refractivity contribution in [3.63, 3.8) is 0 Å². The number of carbonyl (C=O) groups is 1. The van der Waals surface area contributed by atoms with Gasteiger partial charge < -0.3 is 11.1 Å². The van der Waals surface area contributed by atoms with E-state index in [2.05, 4.69) is 17.5 Å². The van der Waals surface area contributed by atoms with Crippen molar-refractivity contribution in [1.29, 1.82) is 0 Å². The Kier molecular flexibility index (Phi) is 4.43. The minimum atomic E-state index is -0.136. The fraction of sp³-hybridized carbons (Fsp3) is 0.333. The van der Waals surface area contributed by atoms with Crippen LogP contribution in [0.15, 0.2) is 24.3 Å². The van der Waals surface area contributed by atoms with Crippen molar-refractivity contribution in [2.45, 2.75) is 26.3 Å². The van der Waals surface area contributed by atoms with Crippen LogP contribution in [0.3, 0.4) is 0 Å². The second-order valence-electron chi connectivity index (χ2n) is 3.79. The van der Waals surface area contributed by atoms with Gasteiger partial charge in [-0.05, 0) is 25.0 Å². The van der Waals surface area contributed by atoms with E-state index >= 15 is 0 Å². The van der Waals surface area contributed by atoms with Crippen molar-refractivity contribution < 1.29 is 4.79 Å². The van der Waals surface area contributed by atoms with Gasteiger partial charge in [-0.1, -0.05) is 36.5 Å². The van der Waals surface area contributed by atoms with E-state index in [4.69, 9.17) is 5.73 Å². The molecule has 86 valence electrons. The summed E-state index contributed by atoms with van der Waals surface area (Å²) in [6.07, 6.45) is 0.103. The molecule has 3 N–H and O–H groups in total. The third-order valence-corrected chi connectivity index (χ3v) is 2.51. The zero-order chi connectivity index (χ0) is 12.1. The van der Waals surface area contributed by atoms with Crippen LogP contribution < -0.4 is 11.1 Å². The summed E-state index contributed by atoms with van der Waals surface area (Å²) in [5.41, 5.74) is 7.58.